The molecule has 0 radical (unpaired) electrons. The molecule has 94 valence electrons. The van der Waals surface area contributed by atoms with Crippen LogP contribution in [0.2, 0.25) is 0 Å². The molecule has 2 atom stereocenters. The molecule has 1 N–H and O–H groups in total. The van der Waals surface area contributed by atoms with E-state index in [1.807, 2.05) is 0 Å². The van der Waals surface area contributed by atoms with E-state index in [2.05, 4.69) is 21.2 Å². The second-order valence-electron chi connectivity index (χ2n) is 4.56. The number of sulfonamides is 1. The zero-order chi connectivity index (χ0) is 12.0. The molecule has 1 aromatic heterocycles. The Labute approximate surface area is 113 Å². The van der Waals surface area contributed by atoms with Crippen molar-refractivity contribution in [3.8, 4) is 0 Å². The van der Waals surface area contributed by atoms with Crippen LogP contribution in [0.15, 0.2) is 20.1 Å². The third-order valence-corrected chi connectivity index (χ3v) is 7.42. The van der Waals surface area contributed by atoms with E-state index >= 15 is 0 Å². The Bertz CT molecular complexity index is 516. The van der Waals surface area contributed by atoms with Gasteiger partial charge in [0, 0.05) is 13.1 Å². The number of halogens is 1. The van der Waals surface area contributed by atoms with E-state index in [-0.39, 0.29) is 0 Å². The van der Waals surface area contributed by atoms with Crippen LogP contribution in [0.25, 0.3) is 0 Å². The van der Waals surface area contributed by atoms with Gasteiger partial charge in [-0.3, -0.25) is 0 Å². The maximum absolute atomic E-state index is 12.4. The van der Waals surface area contributed by atoms with Gasteiger partial charge in [0.25, 0.3) is 10.0 Å². The number of hydrogen-bond acceptors (Lipinski definition) is 4. The Morgan fingerprint density at radius 3 is 2.47 bits per heavy atom. The normalized spacial score (nSPS) is 29.7. The molecule has 2 fully saturated rings. The first-order valence-electron chi connectivity index (χ1n) is 5.53. The summed E-state index contributed by atoms with van der Waals surface area (Å²) in [5.74, 6) is 0.987. The molecular formula is C10H13BrN2O2S2. The summed E-state index contributed by atoms with van der Waals surface area (Å²) >= 11 is 4.59. The van der Waals surface area contributed by atoms with Crippen LogP contribution in [0.3, 0.4) is 0 Å². The van der Waals surface area contributed by atoms with Crippen molar-refractivity contribution in [2.45, 2.75) is 4.21 Å². The summed E-state index contributed by atoms with van der Waals surface area (Å²) in [6.07, 6.45) is 0. The third-order valence-electron chi connectivity index (χ3n) is 3.50. The highest BCUT2D eigenvalue weighted by Gasteiger charge is 2.41. The average Bonchev–Trinajstić information content (AvgIpc) is 2.89. The standard InChI is InChI=1S/C10H13BrN2O2S2/c11-9-1-2-10(16-9)17(14,15)13-5-7-3-12-4-8(7)6-13/h1-2,7-8,12H,3-6H2. The minimum atomic E-state index is -3.27. The first-order valence-corrected chi connectivity index (χ1v) is 8.58. The van der Waals surface area contributed by atoms with Crippen molar-refractivity contribution in [1.82, 2.24) is 9.62 Å². The second kappa shape index (κ2) is 4.31. The molecule has 0 aliphatic carbocycles. The van der Waals surface area contributed by atoms with Gasteiger partial charge in [0.1, 0.15) is 4.21 Å². The number of fused-ring (bicyclic) bond motifs is 1. The van der Waals surface area contributed by atoms with Crippen LogP contribution in [0, 0.1) is 11.8 Å². The van der Waals surface area contributed by atoms with Crippen molar-refractivity contribution in [1.29, 1.82) is 0 Å². The highest BCUT2D eigenvalue weighted by molar-refractivity contribution is 9.11. The van der Waals surface area contributed by atoms with Gasteiger partial charge in [-0.2, -0.15) is 4.31 Å². The molecule has 0 saturated carbocycles. The van der Waals surface area contributed by atoms with Gasteiger partial charge in [-0.05, 0) is 53.0 Å². The first kappa shape index (κ1) is 12.1. The number of thiophene rings is 1. The van der Waals surface area contributed by atoms with Gasteiger partial charge >= 0.3 is 0 Å². The van der Waals surface area contributed by atoms with Gasteiger partial charge in [-0.1, -0.05) is 0 Å². The predicted molar refractivity (Wildman–Crippen MR) is 70.6 cm³/mol. The molecule has 2 saturated heterocycles. The zero-order valence-electron chi connectivity index (χ0n) is 9.10. The van der Waals surface area contributed by atoms with E-state index in [9.17, 15) is 8.42 Å². The monoisotopic (exact) mass is 336 g/mol. The highest BCUT2D eigenvalue weighted by Crippen LogP contribution is 2.34. The molecule has 7 heteroatoms. The highest BCUT2D eigenvalue weighted by atomic mass is 79.9. The van der Waals surface area contributed by atoms with E-state index in [0.717, 1.165) is 16.9 Å². The molecule has 1 aromatic rings. The van der Waals surface area contributed by atoms with Crippen LogP contribution in [0.1, 0.15) is 0 Å². The maximum Gasteiger partial charge on any atom is 0.252 e. The Kier molecular flexibility index (Phi) is 3.07. The van der Waals surface area contributed by atoms with Crippen molar-refractivity contribution in [3.63, 3.8) is 0 Å². The predicted octanol–water partition coefficient (Wildman–Crippen LogP) is 1.35. The Morgan fingerprint density at radius 2 is 1.94 bits per heavy atom. The summed E-state index contributed by atoms with van der Waals surface area (Å²) in [6.45, 7) is 3.22. The van der Waals surface area contributed by atoms with Crippen LogP contribution < -0.4 is 5.32 Å². The second-order valence-corrected chi connectivity index (χ2v) is 9.19. The smallest absolute Gasteiger partial charge is 0.252 e. The molecule has 0 spiro atoms. The van der Waals surface area contributed by atoms with Gasteiger partial charge in [0.2, 0.25) is 0 Å². The van der Waals surface area contributed by atoms with Crippen LogP contribution in [-0.2, 0) is 10.0 Å². The van der Waals surface area contributed by atoms with E-state index in [1.54, 1.807) is 16.4 Å². The summed E-state index contributed by atoms with van der Waals surface area (Å²) < 4.78 is 27.7. The van der Waals surface area contributed by atoms with Gasteiger partial charge in [-0.15, -0.1) is 11.3 Å². The lowest BCUT2D eigenvalue weighted by atomic mass is 10.0. The van der Waals surface area contributed by atoms with Crippen molar-refractivity contribution < 1.29 is 8.42 Å². The summed E-state index contributed by atoms with van der Waals surface area (Å²) in [4.78, 5) is 0. The van der Waals surface area contributed by atoms with Gasteiger partial charge in [-0.25, -0.2) is 8.42 Å². The van der Waals surface area contributed by atoms with E-state index in [1.165, 1.54) is 11.3 Å². The lowest BCUT2D eigenvalue weighted by molar-refractivity contribution is 0.449. The molecule has 17 heavy (non-hydrogen) atoms. The fraction of sp³-hybridized carbons (Fsp3) is 0.600. The molecule has 4 nitrogen and oxygen atoms in total. The number of hydrogen-bond donors (Lipinski definition) is 1. The molecule has 0 amide bonds. The van der Waals surface area contributed by atoms with Crippen molar-refractivity contribution in [2.24, 2.45) is 11.8 Å². The van der Waals surface area contributed by atoms with Crippen LogP contribution in [-0.4, -0.2) is 38.9 Å². The Balaban J connectivity index is 1.85. The molecule has 0 aromatic carbocycles. The molecule has 2 aliphatic rings. The fourth-order valence-corrected chi connectivity index (χ4v) is 6.29. The van der Waals surface area contributed by atoms with Crippen molar-refractivity contribution >= 4 is 37.3 Å². The number of nitrogens with zero attached hydrogens (tertiary/aromatic N) is 1. The van der Waals surface area contributed by atoms with Crippen molar-refractivity contribution in [3.05, 3.63) is 15.9 Å². The van der Waals surface area contributed by atoms with E-state index < -0.39 is 10.0 Å². The Morgan fingerprint density at radius 1 is 1.29 bits per heavy atom. The van der Waals surface area contributed by atoms with Crippen LogP contribution in [0.5, 0.6) is 0 Å². The lowest BCUT2D eigenvalue weighted by Gasteiger charge is -2.15. The first-order chi connectivity index (χ1) is 8.07. The van der Waals surface area contributed by atoms with Crippen LogP contribution in [0.4, 0.5) is 0 Å². The lowest BCUT2D eigenvalue weighted by Crippen LogP contribution is -2.31. The molecule has 0 bridgehead atoms. The Hall–Kier alpha value is 0.0500. The minimum Gasteiger partial charge on any atom is -0.316 e. The van der Waals surface area contributed by atoms with Gasteiger partial charge in [0.15, 0.2) is 0 Å². The number of rotatable bonds is 2. The summed E-state index contributed by atoms with van der Waals surface area (Å²) in [6, 6.07) is 3.46. The van der Waals surface area contributed by atoms with E-state index in [4.69, 9.17) is 0 Å². The van der Waals surface area contributed by atoms with E-state index in [0.29, 0.717) is 29.1 Å². The maximum atomic E-state index is 12.4. The number of nitrogens with one attached hydrogen (secondary N) is 1. The third kappa shape index (κ3) is 2.08. The fourth-order valence-electron chi connectivity index (χ4n) is 2.57. The summed E-state index contributed by atoms with van der Waals surface area (Å²) in [7, 11) is -3.27. The molecule has 3 rings (SSSR count). The topological polar surface area (TPSA) is 49.4 Å². The molecular weight excluding hydrogens is 324 g/mol. The van der Waals surface area contributed by atoms with Crippen LogP contribution >= 0.6 is 27.3 Å². The summed E-state index contributed by atoms with van der Waals surface area (Å²) in [5.41, 5.74) is 0. The SMILES string of the molecule is O=S(=O)(c1ccc(Br)s1)N1CC2CNCC2C1. The van der Waals surface area contributed by atoms with Crippen molar-refractivity contribution in [2.75, 3.05) is 26.2 Å². The zero-order valence-corrected chi connectivity index (χ0v) is 12.3. The molecule has 2 unspecified atom stereocenters. The molecule has 2 aliphatic heterocycles. The minimum absolute atomic E-state index is 0.442. The van der Waals surface area contributed by atoms with Gasteiger partial charge < -0.3 is 5.32 Å². The summed E-state index contributed by atoms with van der Waals surface area (Å²) in [5, 5.41) is 3.31. The quantitative estimate of drug-likeness (QED) is 0.886. The largest absolute Gasteiger partial charge is 0.316 e. The van der Waals surface area contributed by atoms with Gasteiger partial charge in [0.05, 0.1) is 3.79 Å². The average molecular weight is 337 g/mol. The molecule has 3 heterocycles.